The summed E-state index contributed by atoms with van der Waals surface area (Å²) in [6, 6.07) is 8.12. The lowest BCUT2D eigenvalue weighted by atomic mass is 10.0. The molecule has 0 radical (unpaired) electrons. The first-order chi connectivity index (χ1) is 9.60. The van der Waals surface area contributed by atoms with E-state index in [0.29, 0.717) is 18.3 Å². The molecule has 1 unspecified atom stereocenters. The van der Waals surface area contributed by atoms with Crippen molar-refractivity contribution in [2.24, 2.45) is 0 Å². The van der Waals surface area contributed by atoms with Gasteiger partial charge in [-0.15, -0.1) is 0 Å². The van der Waals surface area contributed by atoms with Crippen LogP contribution in [0.25, 0.3) is 0 Å². The number of piperidine rings is 1. The molecule has 1 heterocycles. The van der Waals surface area contributed by atoms with Crippen molar-refractivity contribution in [3.05, 3.63) is 29.8 Å². The third-order valence-corrected chi connectivity index (χ3v) is 4.38. The van der Waals surface area contributed by atoms with Gasteiger partial charge in [-0.3, -0.25) is 0 Å². The van der Waals surface area contributed by atoms with Gasteiger partial charge in [0.25, 0.3) is 0 Å². The summed E-state index contributed by atoms with van der Waals surface area (Å²) in [4.78, 5) is 4.78. The first-order valence-electron chi connectivity index (χ1n) is 7.56. The van der Waals surface area contributed by atoms with Gasteiger partial charge < -0.3 is 20.6 Å². The van der Waals surface area contributed by atoms with Gasteiger partial charge in [-0.1, -0.05) is 19.1 Å². The second kappa shape index (κ2) is 7.07. The van der Waals surface area contributed by atoms with Crippen LogP contribution in [0.5, 0.6) is 0 Å². The van der Waals surface area contributed by atoms with Crippen LogP contribution in [0.3, 0.4) is 0 Å². The minimum absolute atomic E-state index is 0.465. The van der Waals surface area contributed by atoms with Crippen molar-refractivity contribution < 1.29 is 5.11 Å². The van der Waals surface area contributed by atoms with Gasteiger partial charge in [-0.05, 0) is 57.2 Å². The smallest absolute Gasteiger partial charge is 0.0917 e. The Labute approximate surface area is 122 Å². The van der Waals surface area contributed by atoms with Crippen molar-refractivity contribution in [2.75, 3.05) is 39.0 Å². The number of aliphatic hydroxyl groups excluding tert-OH is 1. The number of rotatable bonds is 5. The molecule has 0 aromatic heterocycles. The lowest BCUT2D eigenvalue weighted by Gasteiger charge is -2.37. The molecule has 4 heteroatoms. The molecule has 1 aliphatic rings. The molecular formula is C16H27N3O. The van der Waals surface area contributed by atoms with Gasteiger partial charge in [0, 0.05) is 18.3 Å². The number of likely N-dealkylation sites (tertiary alicyclic amines) is 1. The Kier molecular flexibility index (Phi) is 5.40. The number of aliphatic hydroxyl groups is 1. The molecule has 20 heavy (non-hydrogen) atoms. The highest BCUT2D eigenvalue weighted by Crippen LogP contribution is 2.20. The van der Waals surface area contributed by atoms with Crippen LogP contribution < -0.4 is 5.73 Å². The van der Waals surface area contributed by atoms with E-state index in [0.717, 1.165) is 12.1 Å². The van der Waals surface area contributed by atoms with Crippen molar-refractivity contribution in [1.29, 1.82) is 0 Å². The van der Waals surface area contributed by atoms with Gasteiger partial charge in [0.05, 0.1) is 6.10 Å². The first kappa shape index (κ1) is 15.3. The lowest BCUT2D eigenvalue weighted by Crippen LogP contribution is -2.44. The minimum atomic E-state index is -0.465. The maximum atomic E-state index is 10.3. The van der Waals surface area contributed by atoms with Crippen LogP contribution in [0.4, 0.5) is 5.69 Å². The minimum Gasteiger partial charge on any atom is -0.399 e. The average molecular weight is 277 g/mol. The fourth-order valence-corrected chi connectivity index (χ4v) is 2.97. The van der Waals surface area contributed by atoms with E-state index < -0.39 is 6.10 Å². The SMILES string of the molecule is CCN1CCC(N(C)CC(O)c2cccc(N)c2)CC1. The molecule has 0 spiro atoms. The van der Waals surface area contributed by atoms with Crippen molar-refractivity contribution in [3.63, 3.8) is 0 Å². The van der Waals surface area contributed by atoms with Crippen LogP contribution in [-0.4, -0.2) is 54.2 Å². The summed E-state index contributed by atoms with van der Waals surface area (Å²) in [5.74, 6) is 0. The molecule has 0 amide bonds. The van der Waals surface area contributed by atoms with E-state index in [4.69, 9.17) is 5.73 Å². The highest BCUT2D eigenvalue weighted by atomic mass is 16.3. The molecule has 1 atom stereocenters. The van der Waals surface area contributed by atoms with Gasteiger partial charge in [0.15, 0.2) is 0 Å². The van der Waals surface area contributed by atoms with Crippen LogP contribution in [0, 0.1) is 0 Å². The molecule has 1 aliphatic heterocycles. The quantitative estimate of drug-likeness (QED) is 0.805. The fourth-order valence-electron chi connectivity index (χ4n) is 2.97. The highest BCUT2D eigenvalue weighted by Gasteiger charge is 2.23. The van der Waals surface area contributed by atoms with E-state index in [9.17, 15) is 5.11 Å². The monoisotopic (exact) mass is 277 g/mol. The number of likely N-dealkylation sites (N-methyl/N-ethyl adjacent to an activating group) is 1. The van der Waals surface area contributed by atoms with E-state index in [1.165, 1.54) is 25.9 Å². The number of hydrogen-bond donors (Lipinski definition) is 2. The summed E-state index contributed by atoms with van der Waals surface area (Å²) in [6.07, 6.45) is 1.91. The summed E-state index contributed by atoms with van der Waals surface area (Å²) < 4.78 is 0. The van der Waals surface area contributed by atoms with Crippen LogP contribution in [-0.2, 0) is 0 Å². The number of anilines is 1. The van der Waals surface area contributed by atoms with E-state index >= 15 is 0 Å². The van der Waals surface area contributed by atoms with Gasteiger partial charge in [0.1, 0.15) is 0 Å². The molecule has 4 nitrogen and oxygen atoms in total. The first-order valence-corrected chi connectivity index (χ1v) is 7.56. The summed E-state index contributed by atoms with van der Waals surface area (Å²) in [5.41, 5.74) is 7.38. The average Bonchev–Trinajstić information content (AvgIpc) is 2.47. The molecule has 112 valence electrons. The number of nitrogen functional groups attached to an aromatic ring is 1. The second-order valence-electron chi connectivity index (χ2n) is 5.79. The largest absolute Gasteiger partial charge is 0.399 e. The Hall–Kier alpha value is -1.10. The Bertz CT molecular complexity index is 416. The third-order valence-electron chi connectivity index (χ3n) is 4.38. The summed E-state index contributed by atoms with van der Waals surface area (Å²) in [7, 11) is 2.11. The Morgan fingerprint density at radius 1 is 1.40 bits per heavy atom. The van der Waals surface area contributed by atoms with E-state index in [1.807, 2.05) is 24.3 Å². The standard InChI is InChI=1S/C16H27N3O/c1-3-19-9-7-15(8-10-19)18(2)12-16(20)13-5-4-6-14(17)11-13/h4-6,11,15-16,20H,3,7-10,12,17H2,1-2H3. The van der Waals surface area contributed by atoms with Gasteiger partial charge in [0.2, 0.25) is 0 Å². The number of nitrogens with two attached hydrogens (primary N) is 1. The normalized spacial score (nSPS) is 19.4. The van der Waals surface area contributed by atoms with Crippen LogP contribution in [0.2, 0.25) is 0 Å². The van der Waals surface area contributed by atoms with Crippen molar-refractivity contribution in [2.45, 2.75) is 31.9 Å². The van der Waals surface area contributed by atoms with Crippen molar-refractivity contribution >= 4 is 5.69 Å². The zero-order valence-corrected chi connectivity index (χ0v) is 12.6. The molecule has 1 fully saturated rings. The fraction of sp³-hybridized carbons (Fsp3) is 0.625. The predicted octanol–water partition coefficient (Wildman–Crippen LogP) is 1.72. The summed E-state index contributed by atoms with van der Waals surface area (Å²) >= 11 is 0. The number of benzene rings is 1. The molecule has 0 saturated carbocycles. The molecule has 1 saturated heterocycles. The van der Waals surface area contributed by atoms with Gasteiger partial charge >= 0.3 is 0 Å². The van der Waals surface area contributed by atoms with Crippen molar-refractivity contribution in [1.82, 2.24) is 9.80 Å². The van der Waals surface area contributed by atoms with Crippen LogP contribution in [0.1, 0.15) is 31.4 Å². The topological polar surface area (TPSA) is 52.7 Å². The van der Waals surface area contributed by atoms with E-state index in [2.05, 4.69) is 23.8 Å². The molecule has 1 aromatic rings. The lowest BCUT2D eigenvalue weighted by molar-refractivity contribution is 0.0748. The van der Waals surface area contributed by atoms with Gasteiger partial charge in [-0.2, -0.15) is 0 Å². The molecule has 2 rings (SSSR count). The summed E-state index contributed by atoms with van der Waals surface area (Å²) in [6.45, 7) is 6.36. The predicted molar refractivity (Wildman–Crippen MR) is 83.6 cm³/mol. The highest BCUT2D eigenvalue weighted by molar-refractivity contribution is 5.41. The Morgan fingerprint density at radius 2 is 2.10 bits per heavy atom. The zero-order chi connectivity index (χ0) is 14.5. The van der Waals surface area contributed by atoms with Crippen LogP contribution in [0.15, 0.2) is 24.3 Å². The number of nitrogens with zero attached hydrogens (tertiary/aromatic N) is 2. The van der Waals surface area contributed by atoms with Crippen LogP contribution >= 0.6 is 0 Å². The molecular weight excluding hydrogens is 250 g/mol. The Morgan fingerprint density at radius 3 is 2.70 bits per heavy atom. The molecule has 1 aromatic carbocycles. The number of hydrogen-bond acceptors (Lipinski definition) is 4. The Balaban J connectivity index is 1.86. The van der Waals surface area contributed by atoms with E-state index in [-0.39, 0.29) is 0 Å². The van der Waals surface area contributed by atoms with Gasteiger partial charge in [-0.25, -0.2) is 0 Å². The molecule has 0 bridgehead atoms. The second-order valence-corrected chi connectivity index (χ2v) is 5.79. The van der Waals surface area contributed by atoms with E-state index in [1.54, 1.807) is 0 Å². The molecule has 3 N–H and O–H groups in total. The zero-order valence-electron chi connectivity index (χ0n) is 12.6. The maximum absolute atomic E-state index is 10.3. The van der Waals surface area contributed by atoms with Crippen molar-refractivity contribution in [3.8, 4) is 0 Å². The summed E-state index contributed by atoms with van der Waals surface area (Å²) in [5, 5.41) is 10.3. The third kappa shape index (κ3) is 3.95. The molecule has 0 aliphatic carbocycles. The maximum Gasteiger partial charge on any atom is 0.0917 e.